The molecule has 1 aromatic carbocycles. The summed E-state index contributed by atoms with van der Waals surface area (Å²) in [4.78, 5) is 11.5. The van der Waals surface area contributed by atoms with Crippen LogP contribution in [0.3, 0.4) is 0 Å². The zero-order valence-electron chi connectivity index (χ0n) is 10.6. The van der Waals surface area contributed by atoms with E-state index < -0.39 is 11.5 Å². The molecule has 1 unspecified atom stereocenters. The summed E-state index contributed by atoms with van der Waals surface area (Å²) in [6.45, 7) is 2.60. The molecule has 0 aromatic heterocycles. The number of ether oxygens (including phenoxy) is 1. The summed E-state index contributed by atoms with van der Waals surface area (Å²) in [6, 6.07) is 5.51. The highest BCUT2D eigenvalue weighted by molar-refractivity contribution is 5.80. The molecular formula is C13H18FNO3. The summed E-state index contributed by atoms with van der Waals surface area (Å²) in [6.07, 6.45) is 0.359. The van der Waals surface area contributed by atoms with E-state index in [4.69, 9.17) is 4.74 Å². The van der Waals surface area contributed by atoms with Gasteiger partial charge < -0.3 is 9.84 Å². The van der Waals surface area contributed by atoms with Crippen LogP contribution < -0.4 is 5.32 Å². The van der Waals surface area contributed by atoms with Crippen molar-refractivity contribution in [3.05, 3.63) is 35.6 Å². The molecule has 100 valence electrons. The number of halogens is 1. The van der Waals surface area contributed by atoms with Crippen LogP contribution >= 0.6 is 0 Å². The van der Waals surface area contributed by atoms with Gasteiger partial charge in [-0.25, -0.2) is 9.18 Å². The molecule has 0 aliphatic carbocycles. The van der Waals surface area contributed by atoms with Crippen molar-refractivity contribution in [3.63, 3.8) is 0 Å². The van der Waals surface area contributed by atoms with Crippen LogP contribution in [0.5, 0.6) is 0 Å². The molecule has 4 nitrogen and oxygen atoms in total. The number of rotatable bonds is 7. The van der Waals surface area contributed by atoms with Gasteiger partial charge in [0.1, 0.15) is 11.4 Å². The fraction of sp³-hybridized carbons (Fsp3) is 0.462. The number of carboxylic acids is 1. The van der Waals surface area contributed by atoms with Gasteiger partial charge in [-0.3, -0.25) is 5.32 Å². The second-order valence-electron chi connectivity index (χ2n) is 3.99. The van der Waals surface area contributed by atoms with Gasteiger partial charge in [0.15, 0.2) is 0 Å². The molecule has 1 rings (SSSR count). The van der Waals surface area contributed by atoms with Gasteiger partial charge in [-0.05, 0) is 24.1 Å². The molecule has 5 heteroatoms. The topological polar surface area (TPSA) is 58.6 Å². The lowest BCUT2D eigenvalue weighted by Gasteiger charge is -2.30. The monoisotopic (exact) mass is 255 g/mol. The normalized spacial score (nSPS) is 14.2. The van der Waals surface area contributed by atoms with E-state index in [2.05, 4.69) is 5.32 Å². The molecule has 2 N–H and O–H groups in total. The van der Waals surface area contributed by atoms with Crippen LogP contribution in [0.2, 0.25) is 0 Å². The standard InChI is InChI=1S/C13H18FNO3/c1-3-13(12(16)17,15-8-9-18-2)10-4-6-11(14)7-5-10/h4-7,15H,3,8-9H2,1-2H3,(H,16,17). The zero-order valence-corrected chi connectivity index (χ0v) is 10.6. The van der Waals surface area contributed by atoms with E-state index in [1.165, 1.54) is 24.3 Å². The molecule has 0 heterocycles. The maximum atomic E-state index is 12.9. The van der Waals surface area contributed by atoms with E-state index in [1.807, 2.05) is 0 Å². The highest BCUT2D eigenvalue weighted by atomic mass is 19.1. The Morgan fingerprint density at radius 1 is 1.44 bits per heavy atom. The third kappa shape index (κ3) is 3.05. The van der Waals surface area contributed by atoms with Crippen LogP contribution in [0, 0.1) is 5.82 Å². The second-order valence-corrected chi connectivity index (χ2v) is 3.99. The van der Waals surface area contributed by atoms with Crippen LogP contribution in [0.15, 0.2) is 24.3 Å². The number of carboxylic acid groups (broad SMARTS) is 1. The predicted molar refractivity (Wildman–Crippen MR) is 65.9 cm³/mol. The minimum atomic E-state index is -1.20. The van der Waals surface area contributed by atoms with Crippen molar-refractivity contribution in [1.82, 2.24) is 5.32 Å². The lowest BCUT2D eigenvalue weighted by atomic mass is 9.87. The maximum Gasteiger partial charge on any atom is 0.328 e. The molecule has 0 amide bonds. The third-order valence-corrected chi connectivity index (χ3v) is 2.97. The molecule has 0 aliphatic rings. The third-order valence-electron chi connectivity index (χ3n) is 2.97. The molecule has 1 aromatic rings. The van der Waals surface area contributed by atoms with Crippen molar-refractivity contribution < 1.29 is 19.0 Å². The van der Waals surface area contributed by atoms with Gasteiger partial charge in [-0.15, -0.1) is 0 Å². The average molecular weight is 255 g/mol. The zero-order chi connectivity index (χ0) is 13.6. The van der Waals surface area contributed by atoms with Crippen molar-refractivity contribution in [2.45, 2.75) is 18.9 Å². The number of carbonyl (C=O) groups is 1. The Hall–Kier alpha value is -1.46. The smallest absolute Gasteiger partial charge is 0.328 e. The minimum absolute atomic E-state index is 0.359. The molecule has 1 atom stereocenters. The Labute approximate surface area is 106 Å². The van der Waals surface area contributed by atoms with Gasteiger partial charge in [0.05, 0.1) is 6.61 Å². The van der Waals surface area contributed by atoms with E-state index >= 15 is 0 Å². The summed E-state index contributed by atoms with van der Waals surface area (Å²) < 4.78 is 17.8. The first-order chi connectivity index (χ1) is 8.56. The largest absolute Gasteiger partial charge is 0.480 e. The molecule has 0 fully saturated rings. The predicted octanol–water partition coefficient (Wildman–Crippen LogP) is 1.75. The lowest BCUT2D eigenvalue weighted by Crippen LogP contribution is -2.49. The maximum absolute atomic E-state index is 12.9. The summed E-state index contributed by atoms with van der Waals surface area (Å²) in [5.41, 5.74) is -0.665. The van der Waals surface area contributed by atoms with E-state index in [0.29, 0.717) is 25.1 Å². The van der Waals surface area contributed by atoms with Gasteiger partial charge in [-0.1, -0.05) is 19.1 Å². The van der Waals surface area contributed by atoms with Crippen molar-refractivity contribution in [3.8, 4) is 0 Å². The molecule has 0 spiro atoms. The van der Waals surface area contributed by atoms with E-state index in [-0.39, 0.29) is 5.82 Å². The summed E-state index contributed by atoms with van der Waals surface area (Å²) in [7, 11) is 1.55. The van der Waals surface area contributed by atoms with Crippen molar-refractivity contribution in [2.75, 3.05) is 20.3 Å². The van der Waals surface area contributed by atoms with Gasteiger partial charge in [0.25, 0.3) is 0 Å². The molecule has 0 saturated carbocycles. The Bertz CT molecular complexity index is 394. The number of nitrogens with one attached hydrogen (secondary N) is 1. The van der Waals surface area contributed by atoms with Crippen LogP contribution in [-0.4, -0.2) is 31.3 Å². The Kier molecular flexibility index (Phi) is 5.25. The van der Waals surface area contributed by atoms with E-state index in [9.17, 15) is 14.3 Å². The van der Waals surface area contributed by atoms with Gasteiger partial charge >= 0.3 is 5.97 Å². The molecule has 0 saturated heterocycles. The van der Waals surface area contributed by atoms with Crippen LogP contribution in [0.25, 0.3) is 0 Å². The second kappa shape index (κ2) is 6.47. The van der Waals surface area contributed by atoms with Gasteiger partial charge in [0.2, 0.25) is 0 Å². The highest BCUT2D eigenvalue weighted by Crippen LogP contribution is 2.25. The van der Waals surface area contributed by atoms with Crippen molar-refractivity contribution in [1.29, 1.82) is 0 Å². The van der Waals surface area contributed by atoms with Gasteiger partial charge in [-0.2, -0.15) is 0 Å². The molecule has 0 aliphatic heterocycles. The van der Waals surface area contributed by atoms with Crippen molar-refractivity contribution in [2.24, 2.45) is 0 Å². The Morgan fingerprint density at radius 2 is 2.06 bits per heavy atom. The number of benzene rings is 1. The quantitative estimate of drug-likeness (QED) is 0.729. The summed E-state index contributed by atoms with van der Waals surface area (Å²) >= 11 is 0. The average Bonchev–Trinajstić information content (AvgIpc) is 2.36. The SMILES string of the molecule is CCC(NCCOC)(C(=O)O)c1ccc(F)cc1. The first kappa shape index (κ1) is 14.6. The molecule has 0 bridgehead atoms. The van der Waals surface area contributed by atoms with E-state index in [0.717, 1.165) is 0 Å². The summed E-state index contributed by atoms with van der Waals surface area (Å²) in [5, 5.41) is 12.4. The molecule has 18 heavy (non-hydrogen) atoms. The first-order valence-electron chi connectivity index (χ1n) is 5.80. The Balaban J connectivity index is 3.02. The minimum Gasteiger partial charge on any atom is -0.480 e. The highest BCUT2D eigenvalue weighted by Gasteiger charge is 2.37. The molecular weight excluding hydrogens is 237 g/mol. The fourth-order valence-corrected chi connectivity index (χ4v) is 1.88. The fourth-order valence-electron chi connectivity index (χ4n) is 1.88. The van der Waals surface area contributed by atoms with Crippen LogP contribution in [0.4, 0.5) is 4.39 Å². The first-order valence-corrected chi connectivity index (χ1v) is 5.80. The molecule has 0 radical (unpaired) electrons. The van der Waals surface area contributed by atoms with Crippen LogP contribution in [0.1, 0.15) is 18.9 Å². The van der Waals surface area contributed by atoms with Crippen molar-refractivity contribution >= 4 is 5.97 Å². The Morgan fingerprint density at radius 3 is 2.50 bits per heavy atom. The van der Waals surface area contributed by atoms with Gasteiger partial charge in [0, 0.05) is 13.7 Å². The number of aliphatic carboxylic acids is 1. The van der Waals surface area contributed by atoms with E-state index in [1.54, 1.807) is 14.0 Å². The van der Waals surface area contributed by atoms with Crippen LogP contribution in [-0.2, 0) is 15.1 Å². The summed E-state index contributed by atoms with van der Waals surface area (Å²) in [5.74, 6) is -1.36. The number of hydrogen-bond acceptors (Lipinski definition) is 3. The number of hydrogen-bond donors (Lipinski definition) is 2. The lowest BCUT2D eigenvalue weighted by molar-refractivity contribution is -0.145. The number of methoxy groups -OCH3 is 1.